The lowest BCUT2D eigenvalue weighted by Gasteiger charge is -2.10. The Morgan fingerprint density at radius 3 is 2.67 bits per heavy atom. The van der Waals surface area contributed by atoms with Crippen LogP contribution < -0.4 is 5.73 Å². The number of nitrogens with one attached hydrogen (secondary N) is 1. The largest absolute Gasteiger partial charge is 0.340 e. The molecule has 0 amide bonds. The zero-order chi connectivity index (χ0) is 7.11. The Morgan fingerprint density at radius 2 is 2.33 bits per heavy atom. The third-order valence-electron chi connectivity index (χ3n) is 1.02. The highest BCUT2D eigenvalue weighted by molar-refractivity contribution is 5.51. The number of rotatable bonds is 5. The van der Waals surface area contributed by atoms with Crippen molar-refractivity contribution in [2.45, 2.75) is 6.42 Å². The van der Waals surface area contributed by atoms with Gasteiger partial charge in [0.2, 0.25) is 0 Å². The molecule has 0 rings (SSSR count). The molecule has 3 heteroatoms. The molecular formula is C6H13N3. The molecule has 0 aliphatic carbocycles. The lowest BCUT2D eigenvalue weighted by Crippen LogP contribution is -2.18. The third kappa shape index (κ3) is 3.73. The predicted molar refractivity (Wildman–Crippen MR) is 39.4 cm³/mol. The Kier molecular flexibility index (Phi) is 4.82. The van der Waals surface area contributed by atoms with E-state index in [1.165, 1.54) is 6.34 Å². The van der Waals surface area contributed by atoms with E-state index in [4.69, 9.17) is 11.1 Å². The van der Waals surface area contributed by atoms with Gasteiger partial charge in [-0.3, -0.25) is 5.41 Å². The molecule has 3 nitrogen and oxygen atoms in total. The Balaban J connectivity index is 3.30. The number of hydrogen-bond donors (Lipinski definition) is 2. The summed E-state index contributed by atoms with van der Waals surface area (Å²) in [6, 6.07) is 0. The molecule has 0 fully saturated rings. The van der Waals surface area contributed by atoms with Crippen molar-refractivity contribution in [3.8, 4) is 0 Å². The van der Waals surface area contributed by atoms with E-state index in [1.54, 1.807) is 11.1 Å². The van der Waals surface area contributed by atoms with E-state index in [0.29, 0.717) is 6.54 Å². The van der Waals surface area contributed by atoms with Crippen LogP contribution in [0.25, 0.3) is 0 Å². The fourth-order valence-corrected chi connectivity index (χ4v) is 0.482. The topological polar surface area (TPSA) is 53.1 Å². The first-order valence-electron chi connectivity index (χ1n) is 2.94. The molecule has 3 N–H and O–H groups in total. The molecule has 0 bridgehead atoms. The fourth-order valence-electron chi connectivity index (χ4n) is 0.482. The minimum absolute atomic E-state index is 0.665. The van der Waals surface area contributed by atoms with E-state index < -0.39 is 0 Å². The summed E-state index contributed by atoms with van der Waals surface area (Å²) in [7, 11) is 0. The van der Waals surface area contributed by atoms with Gasteiger partial charge >= 0.3 is 0 Å². The SMILES string of the molecule is C=CN(C=N)CCCN. The maximum atomic E-state index is 6.83. The molecule has 0 atom stereocenters. The second-order valence-corrected chi connectivity index (χ2v) is 1.69. The molecule has 0 aromatic carbocycles. The molecule has 0 aliphatic rings. The molecule has 0 saturated heterocycles. The summed E-state index contributed by atoms with van der Waals surface area (Å²) in [5.41, 5.74) is 5.25. The monoisotopic (exact) mass is 127 g/mol. The van der Waals surface area contributed by atoms with Gasteiger partial charge in [-0.2, -0.15) is 0 Å². The first kappa shape index (κ1) is 8.17. The summed E-state index contributed by atoms with van der Waals surface area (Å²) in [5, 5.41) is 6.83. The lowest BCUT2D eigenvalue weighted by atomic mass is 10.4. The maximum absolute atomic E-state index is 6.83. The zero-order valence-electron chi connectivity index (χ0n) is 5.51. The Bertz CT molecular complexity index is 82.3. The molecule has 0 aliphatic heterocycles. The number of nitrogens with two attached hydrogens (primary N) is 1. The lowest BCUT2D eigenvalue weighted by molar-refractivity contribution is 0.549. The summed E-state index contributed by atoms with van der Waals surface area (Å²) in [6.45, 7) is 4.98. The quantitative estimate of drug-likeness (QED) is 0.414. The zero-order valence-corrected chi connectivity index (χ0v) is 5.51. The van der Waals surface area contributed by atoms with E-state index >= 15 is 0 Å². The van der Waals surface area contributed by atoms with E-state index in [9.17, 15) is 0 Å². The van der Waals surface area contributed by atoms with Crippen LogP contribution in [0.5, 0.6) is 0 Å². The summed E-state index contributed by atoms with van der Waals surface area (Å²) < 4.78 is 0. The average molecular weight is 127 g/mol. The van der Waals surface area contributed by atoms with Crippen LogP contribution >= 0.6 is 0 Å². The number of hydrogen-bond acceptors (Lipinski definition) is 2. The van der Waals surface area contributed by atoms with Crippen LogP contribution in [0.2, 0.25) is 0 Å². The molecule has 0 spiro atoms. The first-order valence-corrected chi connectivity index (χ1v) is 2.94. The van der Waals surface area contributed by atoms with E-state index in [2.05, 4.69) is 6.58 Å². The highest BCUT2D eigenvalue weighted by Gasteiger charge is 1.89. The van der Waals surface area contributed by atoms with E-state index in [0.717, 1.165) is 13.0 Å². The predicted octanol–water partition coefficient (Wildman–Crippen LogP) is 0.388. The summed E-state index contributed by atoms with van der Waals surface area (Å²) in [5.74, 6) is 0. The molecule has 0 saturated carbocycles. The minimum atomic E-state index is 0.665. The van der Waals surface area contributed by atoms with Crippen molar-refractivity contribution in [3.05, 3.63) is 12.8 Å². The van der Waals surface area contributed by atoms with Gasteiger partial charge in [0.05, 0.1) is 6.34 Å². The van der Waals surface area contributed by atoms with Gasteiger partial charge in [-0.1, -0.05) is 6.58 Å². The smallest absolute Gasteiger partial charge is 0.0856 e. The summed E-state index contributed by atoms with van der Waals surface area (Å²) in [4.78, 5) is 1.69. The van der Waals surface area contributed by atoms with Crippen LogP contribution in [0.1, 0.15) is 6.42 Å². The van der Waals surface area contributed by atoms with E-state index in [-0.39, 0.29) is 0 Å². The molecule has 0 radical (unpaired) electrons. The van der Waals surface area contributed by atoms with Gasteiger partial charge in [0.25, 0.3) is 0 Å². The molecule has 0 heterocycles. The molecule has 0 aromatic heterocycles. The van der Waals surface area contributed by atoms with Crippen LogP contribution in [0.3, 0.4) is 0 Å². The van der Waals surface area contributed by atoms with Crippen LogP contribution in [0.4, 0.5) is 0 Å². The van der Waals surface area contributed by atoms with Crippen molar-refractivity contribution in [2.75, 3.05) is 13.1 Å². The van der Waals surface area contributed by atoms with Gasteiger partial charge in [-0.05, 0) is 19.2 Å². The maximum Gasteiger partial charge on any atom is 0.0856 e. The van der Waals surface area contributed by atoms with Gasteiger partial charge in [0.1, 0.15) is 0 Å². The molecular weight excluding hydrogens is 114 g/mol. The normalized spacial score (nSPS) is 8.56. The average Bonchev–Trinajstić information content (AvgIpc) is 1.91. The Morgan fingerprint density at radius 1 is 1.67 bits per heavy atom. The van der Waals surface area contributed by atoms with Crippen LogP contribution in [0.15, 0.2) is 12.8 Å². The van der Waals surface area contributed by atoms with Crippen molar-refractivity contribution in [1.82, 2.24) is 4.90 Å². The summed E-state index contributed by atoms with van der Waals surface area (Å²) >= 11 is 0. The van der Waals surface area contributed by atoms with Gasteiger partial charge < -0.3 is 10.6 Å². The molecule has 9 heavy (non-hydrogen) atoms. The standard InChI is InChI=1S/C6H13N3/c1-2-9(6-8)5-3-4-7/h2,6,8H,1,3-5,7H2. The fraction of sp³-hybridized carbons (Fsp3) is 0.500. The van der Waals surface area contributed by atoms with Crippen molar-refractivity contribution < 1.29 is 0 Å². The van der Waals surface area contributed by atoms with Crippen molar-refractivity contribution >= 4 is 6.34 Å². The van der Waals surface area contributed by atoms with Crippen molar-refractivity contribution in [1.29, 1.82) is 5.41 Å². The van der Waals surface area contributed by atoms with Gasteiger partial charge in [-0.25, -0.2) is 0 Å². The van der Waals surface area contributed by atoms with Crippen LogP contribution in [0, 0.1) is 5.41 Å². The second kappa shape index (κ2) is 5.31. The minimum Gasteiger partial charge on any atom is -0.340 e. The summed E-state index contributed by atoms with van der Waals surface area (Å²) in [6.07, 6.45) is 3.76. The van der Waals surface area contributed by atoms with Crippen molar-refractivity contribution in [2.24, 2.45) is 5.73 Å². The molecule has 0 aromatic rings. The number of nitrogens with zero attached hydrogens (tertiary/aromatic N) is 1. The van der Waals surface area contributed by atoms with Gasteiger partial charge in [0.15, 0.2) is 0 Å². The first-order chi connectivity index (χ1) is 4.35. The second-order valence-electron chi connectivity index (χ2n) is 1.69. The van der Waals surface area contributed by atoms with Crippen molar-refractivity contribution in [3.63, 3.8) is 0 Å². The highest BCUT2D eigenvalue weighted by atomic mass is 15.1. The molecule has 52 valence electrons. The van der Waals surface area contributed by atoms with Gasteiger partial charge in [-0.15, -0.1) is 0 Å². The van der Waals surface area contributed by atoms with Crippen LogP contribution in [-0.2, 0) is 0 Å². The van der Waals surface area contributed by atoms with Gasteiger partial charge in [0, 0.05) is 6.54 Å². The van der Waals surface area contributed by atoms with E-state index in [1.807, 2.05) is 0 Å². The molecule has 0 unspecified atom stereocenters. The Labute approximate surface area is 55.7 Å². The van der Waals surface area contributed by atoms with Crippen LogP contribution in [-0.4, -0.2) is 24.3 Å². The third-order valence-corrected chi connectivity index (χ3v) is 1.02. The highest BCUT2D eigenvalue weighted by Crippen LogP contribution is 1.84. The Hall–Kier alpha value is -0.830.